The first-order valence-electron chi connectivity index (χ1n) is 6.38. The molecule has 17 heavy (non-hydrogen) atoms. The zero-order chi connectivity index (χ0) is 12.6. The summed E-state index contributed by atoms with van der Waals surface area (Å²) in [4.78, 5) is 14.9. The second-order valence-electron chi connectivity index (χ2n) is 5.95. The molecule has 1 aromatic heterocycles. The maximum Gasteiger partial charge on any atom is 0.337 e. The van der Waals surface area contributed by atoms with Crippen LogP contribution < -0.4 is 0 Å². The lowest BCUT2D eigenvalue weighted by Crippen LogP contribution is -2.17. The first-order chi connectivity index (χ1) is 7.91. The van der Waals surface area contributed by atoms with E-state index in [4.69, 9.17) is 0 Å². The van der Waals surface area contributed by atoms with Gasteiger partial charge in [-0.2, -0.15) is 0 Å². The van der Waals surface area contributed by atoms with Gasteiger partial charge >= 0.3 is 5.97 Å². The molecule has 2 N–H and O–H groups in total. The minimum Gasteiger partial charge on any atom is -0.478 e. The largest absolute Gasteiger partial charge is 0.478 e. The maximum absolute atomic E-state index is 11.5. The molecule has 94 valence electrons. The fourth-order valence-corrected chi connectivity index (χ4v) is 2.66. The van der Waals surface area contributed by atoms with E-state index in [0.29, 0.717) is 5.56 Å². The number of fused-ring (bicyclic) bond motifs is 1. The van der Waals surface area contributed by atoms with Crippen molar-refractivity contribution in [2.45, 2.75) is 58.3 Å². The molecule has 1 aliphatic rings. The fourth-order valence-electron chi connectivity index (χ4n) is 2.66. The standard InChI is InChI=1S/C14H21NO2/c1-14(2,3)12-11(13(16)17)9-7-5-4-6-8-10(9)15-12/h15H,4-8H2,1-3H3,(H,16,17). The summed E-state index contributed by atoms with van der Waals surface area (Å²) in [5, 5.41) is 9.45. The van der Waals surface area contributed by atoms with E-state index in [-0.39, 0.29) is 5.41 Å². The first kappa shape index (κ1) is 12.2. The fraction of sp³-hybridized carbons (Fsp3) is 0.643. The van der Waals surface area contributed by atoms with Crippen LogP contribution in [0.2, 0.25) is 0 Å². The van der Waals surface area contributed by atoms with Crippen molar-refractivity contribution in [3.05, 3.63) is 22.5 Å². The van der Waals surface area contributed by atoms with E-state index in [2.05, 4.69) is 25.8 Å². The van der Waals surface area contributed by atoms with Crippen molar-refractivity contribution in [1.29, 1.82) is 0 Å². The Morgan fingerprint density at radius 1 is 1.18 bits per heavy atom. The molecule has 0 saturated carbocycles. The predicted octanol–water partition coefficient (Wildman–Crippen LogP) is 3.28. The van der Waals surface area contributed by atoms with E-state index in [0.717, 1.165) is 42.6 Å². The van der Waals surface area contributed by atoms with E-state index in [1.807, 2.05) is 0 Å². The lowest BCUT2D eigenvalue weighted by molar-refractivity contribution is 0.0693. The number of aryl methyl sites for hydroxylation is 1. The summed E-state index contributed by atoms with van der Waals surface area (Å²) in [5.74, 6) is -0.783. The number of aromatic nitrogens is 1. The van der Waals surface area contributed by atoms with E-state index in [1.165, 1.54) is 6.42 Å². The van der Waals surface area contributed by atoms with Crippen LogP contribution in [0.4, 0.5) is 0 Å². The Kier molecular flexibility index (Phi) is 3.02. The maximum atomic E-state index is 11.5. The normalized spacial score (nSPS) is 16.4. The summed E-state index contributed by atoms with van der Waals surface area (Å²) in [6.45, 7) is 6.18. The number of carboxylic acids is 1. The number of carboxylic acid groups (broad SMARTS) is 1. The third kappa shape index (κ3) is 2.24. The Labute approximate surface area is 102 Å². The molecule has 2 rings (SSSR count). The van der Waals surface area contributed by atoms with Gasteiger partial charge in [0.05, 0.1) is 5.56 Å². The summed E-state index contributed by atoms with van der Waals surface area (Å²) in [5.41, 5.74) is 3.50. The Morgan fingerprint density at radius 3 is 2.41 bits per heavy atom. The van der Waals surface area contributed by atoms with Crippen molar-refractivity contribution < 1.29 is 9.90 Å². The second kappa shape index (κ2) is 4.21. The van der Waals surface area contributed by atoms with Gasteiger partial charge in [-0.15, -0.1) is 0 Å². The molecule has 0 saturated heterocycles. The Balaban J connectivity index is 2.58. The molecule has 0 radical (unpaired) electrons. The number of nitrogens with one attached hydrogen (secondary N) is 1. The van der Waals surface area contributed by atoms with Gasteiger partial charge in [0.2, 0.25) is 0 Å². The number of hydrogen-bond donors (Lipinski definition) is 2. The molecular weight excluding hydrogens is 214 g/mol. The van der Waals surface area contributed by atoms with Crippen molar-refractivity contribution in [2.24, 2.45) is 0 Å². The van der Waals surface area contributed by atoms with Gasteiger partial charge in [-0.25, -0.2) is 4.79 Å². The van der Waals surface area contributed by atoms with Crippen LogP contribution in [0.5, 0.6) is 0 Å². The Morgan fingerprint density at radius 2 is 1.82 bits per heavy atom. The summed E-state index contributed by atoms with van der Waals surface area (Å²) >= 11 is 0. The number of H-pyrrole nitrogens is 1. The van der Waals surface area contributed by atoms with Crippen LogP contribution in [0.25, 0.3) is 0 Å². The number of carbonyl (C=O) groups is 1. The number of aromatic carboxylic acids is 1. The van der Waals surface area contributed by atoms with Crippen molar-refractivity contribution in [1.82, 2.24) is 4.98 Å². The topological polar surface area (TPSA) is 53.1 Å². The zero-order valence-corrected chi connectivity index (χ0v) is 10.9. The van der Waals surface area contributed by atoms with Crippen LogP contribution in [-0.4, -0.2) is 16.1 Å². The van der Waals surface area contributed by atoms with E-state index < -0.39 is 5.97 Å². The SMILES string of the molecule is CC(C)(C)c1[nH]c2c(c1C(=O)O)CCCCC2. The summed E-state index contributed by atoms with van der Waals surface area (Å²) in [6.07, 6.45) is 5.37. The van der Waals surface area contributed by atoms with Crippen LogP contribution >= 0.6 is 0 Å². The molecule has 1 heterocycles. The van der Waals surface area contributed by atoms with Gasteiger partial charge in [0, 0.05) is 16.8 Å². The molecule has 0 spiro atoms. The quantitative estimate of drug-likeness (QED) is 0.734. The van der Waals surface area contributed by atoms with Gasteiger partial charge in [0.25, 0.3) is 0 Å². The summed E-state index contributed by atoms with van der Waals surface area (Å²) in [6, 6.07) is 0. The average molecular weight is 235 g/mol. The number of hydrogen-bond acceptors (Lipinski definition) is 1. The highest BCUT2D eigenvalue weighted by molar-refractivity contribution is 5.92. The molecule has 0 aliphatic heterocycles. The second-order valence-corrected chi connectivity index (χ2v) is 5.95. The van der Waals surface area contributed by atoms with Crippen LogP contribution in [0.15, 0.2) is 0 Å². The van der Waals surface area contributed by atoms with Gasteiger partial charge in [-0.05, 0) is 31.2 Å². The lowest BCUT2D eigenvalue weighted by Gasteiger charge is -2.18. The Hall–Kier alpha value is -1.25. The third-order valence-corrected chi connectivity index (χ3v) is 3.51. The molecule has 0 atom stereocenters. The van der Waals surface area contributed by atoms with Crippen molar-refractivity contribution in [3.8, 4) is 0 Å². The highest BCUT2D eigenvalue weighted by Crippen LogP contribution is 2.32. The molecule has 3 heteroatoms. The van der Waals surface area contributed by atoms with E-state index in [9.17, 15) is 9.90 Å². The summed E-state index contributed by atoms with van der Waals surface area (Å²) in [7, 11) is 0. The van der Waals surface area contributed by atoms with Crippen LogP contribution in [0.1, 0.15) is 67.3 Å². The summed E-state index contributed by atoms with van der Waals surface area (Å²) < 4.78 is 0. The first-order valence-corrected chi connectivity index (χ1v) is 6.38. The van der Waals surface area contributed by atoms with Crippen molar-refractivity contribution in [3.63, 3.8) is 0 Å². The van der Waals surface area contributed by atoms with Gasteiger partial charge in [0.15, 0.2) is 0 Å². The molecule has 1 aromatic rings. The van der Waals surface area contributed by atoms with Gasteiger partial charge in [-0.1, -0.05) is 27.2 Å². The molecule has 0 bridgehead atoms. The third-order valence-electron chi connectivity index (χ3n) is 3.51. The number of rotatable bonds is 1. The molecule has 0 fully saturated rings. The van der Waals surface area contributed by atoms with Crippen molar-refractivity contribution >= 4 is 5.97 Å². The van der Waals surface area contributed by atoms with Gasteiger partial charge in [-0.3, -0.25) is 0 Å². The van der Waals surface area contributed by atoms with Crippen LogP contribution in [-0.2, 0) is 18.3 Å². The number of aromatic amines is 1. The molecule has 0 unspecified atom stereocenters. The molecule has 1 aliphatic carbocycles. The highest BCUT2D eigenvalue weighted by atomic mass is 16.4. The minimum absolute atomic E-state index is 0.139. The minimum atomic E-state index is -0.783. The molecule has 3 nitrogen and oxygen atoms in total. The van der Waals surface area contributed by atoms with Crippen LogP contribution in [0.3, 0.4) is 0 Å². The molecule has 0 amide bonds. The zero-order valence-electron chi connectivity index (χ0n) is 10.9. The van der Waals surface area contributed by atoms with Gasteiger partial charge < -0.3 is 10.1 Å². The lowest BCUT2D eigenvalue weighted by atomic mass is 9.88. The van der Waals surface area contributed by atoms with E-state index >= 15 is 0 Å². The smallest absolute Gasteiger partial charge is 0.337 e. The monoisotopic (exact) mass is 235 g/mol. The van der Waals surface area contributed by atoms with Crippen molar-refractivity contribution in [2.75, 3.05) is 0 Å². The predicted molar refractivity (Wildman–Crippen MR) is 67.7 cm³/mol. The van der Waals surface area contributed by atoms with Gasteiger partial charge in [0.1, 0.15) is 0 Å². The highest BCUT2D eigenvalue weighted by Gasteiger charge is 2.29. The Bertz CT molecular complexity index is 438. The van der Waals surface area contributed by atoms with Crippen LogP contribution in [0, 0.1) is 0 Å². The average Bonchev–Trinajstić information content (AvgIpc) is 2.43. The van der Waals surface area contributed by atoms with E-state index in [1.54, 1.807) is 0 Å². The molecular formula is C14H21NO2. The molecule has 0 aromatic carbocycles.